The number of nitrogens with zero attached hydrogens (tertiary/aromatic N) is 2. The largest absolute Gasteiger partial charge is 0.772 e. The van der Waals surface area contributed by atoms with Gasteiger partial charge in [0.1, 0.15) is 5.82 Å². The average molecular weight is 604 g/mol. The standard InChI is InChI=1S/C22H22Cl2FN3O3S.C3H6O2S/c23-14-4-15(24)6-18(5-14)32(30,31)28-11-16-7-17(28)10-27(16)9-13-3-21(25)20(22(26)29)8-19(13)12-1-2-12;4-6(5)3-1-2-3/h3-6,8,12,16-17H,1-2,7,9-11H2,(H2,26,29);3H,1-2H2,(H,4,5)/p-1/t16-,17-;/m0./s1. The molecule has 2 aliphatic carbocycles. The molecule has 2 aromatic rings. The molecular weight excluding hydrogens is 576 g/mol. The lowest BCUT2D eigenvalue weighted by atomic mass is 9.98. The number of amides is 1. The third kappa shape index (κ3) is 5.94. The van der Waals surface area contributed by atoms with Gasteiger partial charge < -0.3 is 10.3 Å². The molecule has 38 heavy (non-hydrogen) atoms. The van der Waals surface area contributed by atoms with Crippen molar-refractivity contribution < 1.29 is 26.4 Å². The number of sulfonamides is 1. The normalized spacial score (nSPS) is 24.2. The van der Waals surface area contributed by atoms with Gasteiger partial charge >= 0.3 is 0 Å². The Labute approximate surface area is 233 Å². The van der Waals surface area contributed by atoms with Gasteiger partial charge in [0, 0.05) is 47.0 Å². The van der Waals surface area contributed by atoms with Crippen LogP contribution in [0.2, 0.25) is 10.0 Å². The van der Waals surface area contributed by atoms with E-state index in [0.29, 0.717) is 32.0 Å². The molecule has 1 amide bonds. The molecule has 6 rings (SSSR count). The van der Waals surface area contributed by atoms with Crippen LogP contribution in [-0.4, -0.2) is 62.7 Å². The third-order valence-electron chi connectivity index (χ3n) is 7.43. The second-order valence-electron chi connectivity index (χ2n) is 10.3. The summed E-state index contributed by atoms with van der Waals surface area (Å²) in [5.74, 6) is -1.05. The van der Waals surface area contributed by atoms with Crippen LogP contribution in [-0.2, 0) is 27.6 Å². The van der Waals surface area contributed by atoms with Gasteiger partial charge in [-0.3, -0.25) is 13.9 Å². The minimum atomic E-state index is -3.72. The zero-order valence-electron chi connectivity index (χ0n) is 20.3. The van der Waals surface area contributed by atoms with E-state index in [-0.39, 0.29) is 37.8 Å². The van der Waals surface area contributed by atoms with E-state index in [1.165, 1.54) is 28.6 Å². The maximum Gasteiger partial charge on any atom is 0.251 e. The Morgan fingerprint density at radius 3 is 2.18 bits per heavy atom. The number of primary amides is 1. The first kappa shape index (κ1) is 27.9. The highest BCUT2D eigenvalue weighted by Gasteiger charge is 2.48. The van der Waals surface area contributed by atoms with Crippen molar-refractivity contribution in [1.82, 2.24) is 9.21 Å². The monoisotopic (exact) mass is 602 g/mol. The van der Waals surface area contributed by atoms with Crippen LogP contribution in [0.25, 0.3) is 0 Å². The Kier molecular flexibility index (Phi) is 7.91. The summed E-state index contributed by atoms with van der Waals surface area (Å²) in [4.78, 5) is 13.9. The van der Waals surface area contributed by atoms with Crippen LogP contribution >= 0.6 is 23.2 Å². The number of fused-ring (bicyclic) bond motifs is 2. The minimum Gasteiger partial charge on any atom is -0.772 e. The highest BCUT2D eigenvalue weighted by Crippen LogP contribution is 2.44. The first-order valence-electron chi connectivity index (χ1n) is 12.4. The summed E-state index contributed by atoms with van der Waals surface area (Å²) in [5.41, 5.74) is 7.07. The minimum absolute atomic E-state index is 0.0185. The molecule has 0 spiro atoms. The number of piperazine rings is 1. The Morgan fingerprint density at radius 2 is 1.71 bits per heavy atom. The van der Waals surface area contributed by atoms with E-state index in [0.717, 1.165) is 36.8 Å². The second-order valence-corrected chi connectivity index (χ2v) is 14.2. The molecule has 2 saturated carbocycles. The van der Waals surface area contributed by atoms with Crippen molar-refractivity contribution in [2.45, 2.75) is 66.8 Å². The molecule has 2 heterocycles. The van der Waals surface area contributed by atoms with E-state index in [1.54, 1.807) is 6.07 Å². The molecule has 0 radical (unpaired) electrons. The molecule has 2 aliphatic heterocycles. The van der Waals surface area contributed by atoms with Gasteiger partial charge in [0.2, 0.25) is 10.0 Å². The lowest BCUT2D eigenvalue weighted by Gasteiger charge is -2.34. The number of likely N-dealkylation sites (tertiary alicyclic amines) is 1. The third-order valence-corrected chi connectivity index (χ3v) is 10.8. The summed E-state index contributed by atoms with van der Waals surface area (Å²) in [5, 5.41) is 0.567. The van der Waals surface area contributed by atoms with Crippen LogP contribution in [0.5, 0.6) is 0 Å². The van der Waals surface area contributed by atoms with Gasteiger partial charge in [-0.2, -0.15) is 4.31 Å². The Morgan fingerprint density at radius 1 is 1.05 bits per heavy atom. The number of rotatable bonds is 7. The molecule has 13 heteroatoms. The SMILES string of the molecule is NC(=O)c1cc(C2CC2)c(CN2C[C@@H]3C[C@H]2CN3S(=O)(=O)c2cc(Cl)cc(Cl)c2)cc1F.O=S([O-])C1CC1. The van der Waals surface area contributed by atoms with Gasteiger partial charge in [-0.25, -0.2) is 12.8 Å². The molecule has 8 nitrogen and oxygen atoms in total. The first-order valence-corrected chi connectivity index (χ1v) is 15.7. The van der Waals surface area contributed by atoms with Crippen LogP contribution in [0.1, 0.15) is 59.5 Å². The van der Waals surface area contributed by atoms with Gasteiger partial charge in [0.15, 0.2) is 0 Å². The van der Waals surface area contributed by atoms with Gasteiger partial charge in [-0.1, -0.05) is 34.3 Å². The Hall–Kier alpha value is -1.60. The summed E-state index contributed by atoms with van der Waals surface area (Å²) >= 11 is 10.3. The number of halogens is 3. The summed E-state index contributed by atoms with van der Waals surface area (Å²) in [6.45, 7) is 1.43. The van der Waals surface area contributed by atoms with E-state index in [4.69, 9.17) is 28.9 Å². The van der Waals surface area contributed by atoms with Crippen LogP contribution in [0.4, 0.5) is 4.39 Å². The lowest BCUT2D eigenvalue weighted by molar-refractivity contribution is 0.0996. The molecule has 0 aromatic heterocycles. The van der Waals surface area contributed by atoms with Gasteiger partial charge in [-0.15, -0.1) is 0 Å². The topological polar surface area (TPSA) is 124 Å². The number of hydrogen-bond donors (Lipinski definition) is 1. The fourth-order valence-corrected chi connectivity index (χ4v) is 8.14. The zero-order valence-corrected chi connectivity index (χ0v) is 23.5. The fourth-order valence-electron chi connectivity index (χ4n) is 5.22. The summed E-state index contributed by atoms with van der Waals surface area (Å²) in [7, 11) is -3.72. The summed E-state index contributed by atoms with van der Waals surface area (Å²) < 4.78 is 61.9. The molecular formula is C25H27Cl2FN3O5S2-. The predicted molar refractivity (Wildman–Crippen MR) is 142 cm³/mol. The van der Waals surface area contributed by atoms with Crippen LogP contribution < -0.4 is 5.73 Å². The Bertz CT molecular complexity index is 1380. The van der Waals surface area contributed by atoms with Crippen molar-refractivity contribution in [3.05, 3.63) is 62.9 Å². The second kappa shape index (κ2) is 10.8. The molecule has 2 aromatic carbocycles. The average Bonchev–Trinajstić information content (AvgIpc) is 3.76. The van der Waals surface area contributed by atoms with Crippen LogP contribution in [0, 0.1) is 5.82 Å². The molecule has 206 valence electrons. The molecule has 1 unspecified atom stereocenters. The lowest BCUT2D eigenvalue weighted by Crippen LogP contribution is -2.48. The van der Waals surface area contributed by atoms with Crippen molar-refractivity contribution >= 4 is 50.2 Å². The molecule has 2 N–H and O–H groups in total. The quantitative estimate of drug-likeness (QED) is 0.481. The van der Waals surface area contributed by atoms with Gasteiger partial charge in [-0.05, 0) is 79.5 Å². The van der Waals surface area contributed by atoms with Crippen molar-refractivity contribution in [2.75, 3.05) is 13.1 Å². The van der Waals surface area contributed by atoms with Crippen molar-refractivity contribution in [3.8, 4) is 0 Å². The summed E-state index contributed by atoms with van der Waals surface area (Å²) in [6.07, 6.45) is 4.51. The Balaban J connectivity index is 0.000000433. The molecule has 2 saturated heterocycles. The molecule has 3 atom stereocenters. The summed E-state index contributed by atoms with van der Waals surface area (Å²) in [6, 6.07) is 7.22. The van der Waals surface area contributed by atoms with Gasteiger partial charge in [0.05, 0.1) is 10.5 Å². The number of nitrogens with two attached hydrogens (primary N) is 1. The van der Waals surface area contributed by atoms with Crippen LogP contribution in [0.3, 0.4) is 0 Å². The maximum atomic E-state index is 14.5. The number of benzene rings is 2. The van der Waals surface area contributed by atoms with Crippen molar-refractivity contribution in [3.63, 3.8) is 0 Å². The van der Waals surface area contributed by atoms with Crippen LogP contribution in [0.15, 0.2) is 35.2 Å². The molecule has 4 fully saturated rings. The number of carbonyl (C=O) groups is 1. The van der Waals surface area contributed by atoms with E-state index < -0.39 is 32.8 Å². The smallest absolute Gasteiger partial charge is 0.251 e. The highest BCUT2D eigenvalue weighted by molar-refractivity contribution is 7.89. The highest BCUT2D eigenvalue weighted by atomic mass is 35.5. The fraction of sp³-hybridized carbons (Fsp3) is 0.480. The first-order chi connectivity index (χ1) is 17.9. The van der Waals surface area contributed by atoms with Gasteiger partial charge in [0.25, 0.3) is 5.91 Å². The van der Waals surface area contributed by atoms with Crippen molar-refractivity contribution in [2.24, 2.45) is 5.73 Å². The zero-order chi connectivity index (χ0) is 27.4. The predicted octanol–water partition coefficient (Wildman–Crippen LogP) is 3.78. The van der Waals surface area contributed by atoms with E-state index >= 15 is 0 Å². The molecule has 4 aliphatic rings. The number of carbonyl (C=O) groups excluding carboxylic acids is 1. The van der Waals surface area contributed by atoms with E-state index in [9.17, 15) is 26.4 Å². The van der Waals surface area contributed by atoms with E-state index in [1.807, 2.05) is 0 Å². The number of hydrogen-bond acceptors (Lipinski definition) is 6. The van der Waals surface area contributed by atoms with Crippen molar-refractivity contribution in [1.29, 1.82) is 0 Å². The maximum absolute atomic E-state index is 14.5. The van der Waals surface area contributed by atoms with E-state index in [2.05, 4.69) is 4.90 Å². The molecule has 2 bridgehead atoms.